The van der Waals surface area contributed by atoms with Gasteiger partial charge in [-0.2, -0.15) is 0 Å². The zero-order valence-electron chi connectivity index (χ0n) is 5.03. The summed E-state index contributed by atoms with van der Waals surface area (Å²) in [6.07, 6.45) is 5.55. The first-order valence-electron chi connectivity index (χ1n) is 2.81. The van der Waals surface area contributed by atoms with Gasteiger partial charge in [0.1, 0.15) is 3.70 Å². The van der Waals surface area contributed by atoms with Crippen LogP contribution in [0.15, 0.2) is 24.7 Å². The minimum atomic E-state index is 0.756. The lowest BCUT2D eigenvalue weighted by molar-refractivity contribution is 1.09. The maximum Gasteiger partial charge on any atom is 0.234 e. The summed E-state index contributed by atoms with van der Waals surface area (Å²) in [5.41, 5.74) is 0. The zero-order valence-corrected chi connectivity index (χ0v) is 7.19. The molecule has 2 heterocycles. The molecule has 0 bridgehead atoms. The fourth-order valence-corrected chi connectivity index (χ4v) is 1.16. The third-order valence-corrected chi connectivity index (χ3v) is 1.83. The SMILES string of the molecule is Ic1ccn2ccnc2n1. The van der Waals surface area contributed by atoms with Gasteiger partial charge in [0.2, 0.25) is 5.78 Å². The molecular weight excluding hydrogens is 241 g/mol. The van der Waals surface area contributed by atoms with E-state index in [0.29, 0.717) is 0 Å². The third-order valence-electron chi connectivity index (χ3n) is 1.23. The van der Waals surface area contributed by atoms with Crippen LogP contribution in [0.5, 0.6) is 0 Å². The van der Waals surface area contributed by atoms with Gasteiger partial charge < -0.3 is 0 Å². The maximum absolute atomic E-state index is 4.17. The zero-order chi connectivity index (χ0) is 6.97. The summed E-state index contributed by atoms with van der Waals surface area (Å²) in [4.78, 5) is 8.20. The van der Waals surface area contributed by atoms with Crippen LogP contribution in [-0.2, 0) is 0 Å². The Balaban J connectivity index is 2.86. The summed E-state index contributed by atoms with van der Waals surface area (Å²) in [7, 11) is 0. The van der Waals surface area contributed by atoms with Gasteiger partial charge in [0.05, 0.1) is 0 Å². The lowest BCUT2D eigenvalue weighted by Crippen LogP contribution is -1.88. The molecule has 0 saturated heterocycles. The first kappa shape index (κ1) is 6.09. The molecule has 0 aromatic carbocycles. The molecule has 10 heavy (non-hydrogen) atoms. The summed E-state index contributed by atoms with van der Waals surface area (Å²) in [6, 6.07) is 1.94. The van der Waals surface area contributed by atoms with Gasteiger partial charge in [-0.15, -0.1) is 0 Å². The van der Waals surface area contributed by atoms with Gasteiger partial charge in [-0.05, 0) is 28.7 Å². The second-order valence-corrected chi connectivity index (χ2v) is 2.99. The molecule has 2 rings (SSSR count). The quantitative estimate of drug-likeness (QED) is 0.517. The van der Waals surface area contributed by atoms with E-state index in [4.69, 9.17) is 0 Å². The van der Waals surface area contributed by atoms with Crippen LogP contribution in [0.1, 0.15) is 0 Å². The van der Waals surface area contributed by atoms with E-state index in [1.54, 1.807) is 6.20 Å². The van der Waals surface area contributed by atoms with Gasteiger partial charge in [-0.1, -0.05) is 0 Å². The van der Waals surface area contributed by atoms with E-state index in [1.807, 2.05) is 22.9 Å². The van der Waals surface area contributed by atoms with Gasteiger partial charge in [-0.25, -0.2) is 9.97 Å². The third kappa shape index (κ3) is 0.880. The predicted octanol–water partition coefficient (Wildman–Crippen LogP) is 1.33. The van der Waals surface area contributed by atoms with Crippen LogP contribution in [0.25, 0.3) is 5.78 Å². The van der Waals surface area contributed by atoms with Gasteiger partial charge in [0.15, 0.2) is 0 Å². The van der Waals surface area contributed by atoms with Gasteiger partial charge >= 0.3 is 0 Å². The Labute approximate surface area is 71.3 Å². The molecule has 0 unspecified atom stereocenters. The number of nitrogens with zero attached hydrogens (tertiary/aromatic N) is 3. The van der Waals surface area contributed by atoms with Gasteiger partial charge in [-0.3, -0.25) is 4.40 Å². The van der Waals surface area contributed by atoms with Crippen LogP contribution >= 0.6 is 22.6 Å². The summed E-state index contributed by atoms with van der Waals surface area (Å²) in [6.45, 7) is 0. The normalized spacial score (nSPS) is 10.5. The van der Waals surface area contributed by atoms with Crippen molar-refractivity contribution in [3.05, 3.63) is 28.4 Å². The Bertz CT molecular complexity index is 355. The number of aromatic nitrogens is 3. The minimum absolute atomic E-state index is 0.756. The highest BCUT2D eigenvalue weighted by molar-refractivity contribution is 14.1. The van der Waals surface area contributed by atoms with Crippen LogP contribution in [0.2, 0.25) is 0 Å². The van der Waals surface area contributed by atoms with Crippen LogP contribution in [0.3, 0.4) is 0 Å². The van der Waals surface area contributed by atoms with E-state index >= 15 is 0 Å². The first-order chi connectivity index (χ1) is 4.86. The number of fused-ring (bicyclic) bond motifs is 1. The molecule has 0 radical (unpaired) electrons. The molecule has 0 N–H and O–H groups in total. The summed E-state index contributed by atoms with van der Waals surface area (Å²) in [5.74, 6) is 0.756. The Morgan fingerprint density at radius 1 is 1.40 bits per heavy atom. The lowest BCUT2D eigenvalue weighted by Gasteiger charge is -1.90. The molecule has 2 aromatic heterocycles. The largest absolute Gasteiger partial charge is 0.291 e. The Hall–Kier alpha value is -0.650. The minimum Gasteiger partial charge on any atom is -0.291 e. The van der Waals surface area contributed by atoms with Crippen molar-refractivity contribution in [2.24, 2.45) is 0 Å². The molecule has 2 aromatic rings. The molecule has 0 aliphatic carbocycles. The van der Waals surface area contributed by atoms with E-state index in [0.717, 1.165) is 9.48 Å². The number of hydrogen-bond donors (Lipinski definition) is 0. The second kappa shape index (κ2) is 2.19. The highest BCUT2D eigenvalue weighted by Gasteiger charge is 1.92. The van der Waals surface area contributed by atoms with Crippen molar-refractivity contribution in [2.75, 3.05) is 0 Å². The molecule has 0 saturated carbocycles. The van der Waals surface area contributed by atoms with Crippen molar-refractivity contribution in [1.29, 1.82) is 0 Å². The van der Waals surface area contributed by atoms with Crippen LogP contribution in [0, 0.1) is 3.70 Å². The molecule has 0 amide bonds. The monoisotopic (exact) mass is 245 g/mol. The average Bonchev–Trinajstić information content (AvgIpc) is 2.33. The number of hydrogen-bond acceptors (Lipinski definition) is 2. The van der Waals surface area contributed by atoms with E-state index in [2.05, 4.69) is 32.6 Å². The molecular formula is C6H4IN3. The fraction of sp³-hybridized carbons (Fsp3) is 0. The summed E-state index contributed by atoms with van der Waals surface area (Å²) >= 11 is 2.16. The molecule has 0 spiro atoms. The Morgan fingerprint density at radius 3 is 3.20 bits per heavy atom. The molecule has 0 fully saturated rings. The molecule has 0 aliphatic rings. The molecule has 0 atom stereocenters. The van der Waals surface area contributed by atoms with Crippen molar-refractivity contribution >= 4 is 28.4 Å². The van der Waals surface area contributed by atoms with E-state index in [1.165, 1.54) is 0 Å². The first-order valence-corrected chi connectivity index (χ1v) is 3.89. The highest BCUT2D eigenvalue weighted by Crippen LogP contribution is 2.01. The van der Waals surface area contributed by atoms with Crippen molar-refractivity contribution in [2.45, 2.75) is 0 Å². The molecule has 0 aliphatic heterocycles. The van der Waals surface area contributed by atoms with Crippen molar-refractivity contribution in [3.63, 3.8) is 0 Å². The summed E-state index contributed by atoms with van der Waals surface area (Å²) in [5, 5.41) is 0. The van der Waals surface area contributed by atoms with Crippen molar-refractivity contribution < 1.29 is 0 Å². The van der Waals surface area contributed by atoms with Crippen LogP contribution in [0.4, 0.5) is 0 Å². The number of rotatable bonds is 0. The van der Waals surface area contributed by atoms with E-state index < -0.39 is 0 Å². The number of halogens is 1. The molecule has 50 valence electrons. The van der Waals surface area contributed by atoms with Crippen molar-refractivity contribution in [1.82, 2.24) is 14.4 Å². The highest BCUT2D eigenvalue weighted by atomic mass is 127. The smallest absolute Gasteiger partial charge is 0.234 e. The Morgan fingerprint density at radius 2 is 2.30 bits per heavy atom. The maximum atomic E-state index is 4.17. The Kier molecular flexibility index (Phi) is 1.33. The summed E-state index contributed by atoms with van der Waals surface area (Å²) < 4.78 is 2.85. The standard InChI is InChI=1S/C6H4IN3/c7-5-1-3-10-4-2-8-6(10)9-5/h1-4H. The average molecular weight is 245 g/mol. The van der Waals surface area contributed by atoms with Crippen LogP contribution < -0.4 is 0 Å². The van der Waals surface area contributed by atoms with Crippen molar-refractivity contribution in [3.8, 4) is 0 Å². The lowest BCUT2D eigenvalue weighted by atomic mass is 10.7. The molecule has 3 nitrogen and oxygen atoms in total. The number of imidazole rings is 1. The fourth-order valence-electron chi connectivity index (χ4n) is 0.783. The van der Waals surface area contributed by atoms with E-state index in [9.17, 15) is 0 Å². The van der Waals surface area contributed by atoms with E-state index in [-0.39, 0.29) is 0 Å². The van der Waals surface area contributed by atoms with Gasteiger partial charge in [0.25, 0.3) is 0 Å². The molecule has 4 heteroatoms. The predicted molar refractivity (Wildman–Crippen MR) is 45.7 cm³/mol. The van der Waals surface area contributed by atoms with Crippen LogP contribution in [-0.4, -0.2) is 14.4 Å². The topological polar surface area (TPSA) is 30.2 Å². The second-order valence-electron chi connectivity index (χ2n) is 1.88. The van der Waals surface area contributed by atoms with Gasteiger partial charge in [0, 0.05) is 18.6 Å².